The number of nitrogen functional groups attached to an aromatic ring is 1. The number of nitrogens with zero attached hydrogens (tertiary/aromatic N) is 2. The van der Waals surface area contributed by atoms with Gasteiger partial charge in [0.1, 0.15) is 10.8 Å². The molecule has 0 aliphatic heterocycles. The van der Waals surface area contributed by atoms with Crippen molar-refractivity contribution in [2.24, 2.45) is 0 Å². The van der Waals surface area contributed by atoms with Crippen LogP contribution in [0.1, 0.15) is 10.6 Å². The monoisotopic (exact) mass is 380 g/mol. The standard InChI is InChI=1S/C14H13BrN4S2/c1-8-18-11(7-20-8)12-13(16)19-21-14(12)17-6-9-3-2-4-10(15)5-9/h2-5,7,17H,6H2,1H3,(H2,16,19). The summed E-state index contributed by atoms with van der Waals surface area (Å²) < 4.78 is 5.31. The van der Waals surface area contributed by atoms with Crippen LogP contribution in [0.3, 0.4) is 0 Å². The van der Waals surface area contributed by atoms with Crippen molar-refractivity contribution in [2.45, 2.75) is 13.5 Å². The zero-order valence-corrected chi connectivity index (χ0v) is 14.5. The number of rotatable bonds is 4. The second-order valence-corrected chi connectivity index (χ2v) is 7.26. The quantitative estimate of drug-likeness (QED) is 0.697. The number of halogens is 1. The number of hydrogen-bond donors (Lipinski definition) is 2. The van der Waals surface area contributed by atoms with Crippen molar-refractivity contribution in [3.63, 3.8) is 0 Å². The van der Waals surface area contributed by atoms with Gasteiger partial charge in [0.2, 0.25) is 0 Å². The number of nitrogens with two attached hydrogens (primary N) is 1. The third-order valence-corrected chi connectivity index (χ3v) is 5.02. The SMILES string of the molecule is Cc1nc(-c2c(N)nsc2NCc2cccc(Br)c2)cs1. The lowest BCUT2D eigenvalue weighted by Gasteiger charge is -2.06. The van der Waals surface area contributed by atoms with Crippen molar-refractivity contribution in [3.8, 4) is 11.3 Å². The molecule has 1 aromatic carbocycles. The largest absolute Gasteiger partial charge is 0.382 e. The van der Waals surface area contributed by atoms with Crippen LogP contribution in [0.4, 0.5) is 10.8 Å². The lowest BCUT2D eigenvalue weighted by molar-refractivity contribution is 1.16. The molecular weight excluding hydrogens is 368 g/mol. The fourth-order valence-corrected chi connectivity index (χ4v) is 3.75. The second kappa shape index (κ2) is 6.13. The van der Waals surface area contributed by atoms with Gasteiger partial charge in [-0.2, -0.15) is 4.37 Å². The molecule has 0 fully saturated rings. The van der Waals surface area contributed by atoms with Crippen molar-refractivity contribution in [3.05, 3.63) is 44.7 Å². The minimum Gasteiger partial charge on any atom is -0.382 e. The Balaban J connectivity index is 1.83. The molecule has 4 nitrogen and oxygen atoms in total. The maximum atomic E-state index is 5.99. The molecule has 0 aliphatic rings. The van der Waals surface area contributed by atoms with Crippen LogP contribution in [-0.4, -0.2) is 9.36 Å². The molecule has 108 valence electrons. The zero-order valence-electron chi connectivity index (χ0n) is 11.3. The number of aryl methyl sites for hydroxylation is 1. The number of hydrogen-bond acceptors (Lipinski definition) is 6. The highest BCUT2D eigenvalue weighted by Crippen LogP contribution is 2.37. The van der Waals surface area contributed by atoms with E-state index in [2.05, 4.69) is 42.7 Å². The van der Waals surface area contributed by atoms with Gasteiger partial charge in [-0.1, -0.05) is 28.1 Å². The molecular formula is C14H13BrN4S2. The van der Waals surface area contributed by atoms with Crippen LogP contribution in [0.25, 0.3) is 11.3 Å². The second-order valence-electron chi connectivity index (χ2n) is 4.51. The first kappa shape index (κ1) is 14.5. The summed E-state index contributed by atoms with van der Waals surface area (Å²) in [5.41, 5.74) is 8.98. The maximum absolute atomic E-state index is 5.99. The van der Waals surface area contributed by atoms with Gasteiger partial charge in [-0.15, -0.1) is 11.3 Å². The molecule has 7 heteroatoms. The fraction of sp³-hybridized carbons (Fsp3) is 0.143. The Hall–Kier alpha value is -1.44. The summed E-state index contributed by atoms with van der Waals surface area (Å²) in [6.07, 6.45) is 0. The van der Waals surface area contributed by atoms with Crippen LogP contribution < -0.4 is 11.1 Å². The first-order valence-corrected chi connectivity index (χ1v) is 8.74. The minimum atomic E-state index is 0.530. The number of nitrogens with one attached hydrogen (secondary N) is 1. The first-order valence-electron chi connectivity index (χ1n) is 6.29. The molecule has 3 rings (SSSR count). The summed E-state index contributed by atoms with van der Waals surface area (Å²) in [5, 5.41) is 7.40. The first-order chi connectivity index (χ1) is 10.1. The molecule has 0 bridgehead atoms. The van der Waals surface area contributed by atoms with Gasteiger partial charge in [0, 0.05) is 16.4 Å². The van der Waals surface area contributed by atoms with E-state index < -0.39 is 0 Å². The molecule has 0 amide bonds. The Kier molecular flexibility index (Phi) is 4.23. The van der Waals surface area contributed by atoms with Gasteiger partial charge in [0.25, 0.3) is 0 Å². The normalized spacial score (nSPS) is 10.8. The van der Waals surface area contributed by atoms with Gasteiger partial charge in [-0.05, 0) is 36.2 Å². The fourth-order valence-electron chi connectivity index (χ4n) is 1.98. The summed E-state index contributed by atoms with van der Waals surface area (Å²) in [7, 11) is 0. The summed E-state index contributed by atoms with van der Waals surface area (Å²) >= 11 is 6.46. The van der Waals surface area contributed by atoms with Gasteiger partial charge in [-0.25, -0.2) is 4.98 Å². The topological polar surface area (TPSA) is 63.8 Å². The number of anilines is 2. The van der Waals surface area contributed by atoms with Crippen molar-refractivity contribution < 1.29 is 0 Å². The molecule has 21 heavy (non-hydrogen) atoms. The molecule has 2 heterocycles. The highest BCUT2D eigenvalue weighted by Gasteiger charge is 2.16. The van der Waals surface area contributed by atoms with Crippen molar-refractivity contribution in [1.82, 2.24) is 9.36 Å². The number of aromatic nitrogens is 2. The summed E-state index contributed by atoms with van der Waals surface area (Å²) in [6, 6.07) is 8.20. The van der Waals surface area contributed by atoms with Crippen LogP contribution in [0.2, 0.25) is 0 Å². The predicted octanol–water partition coefficient (Wildman–Crippen LogP) is 4.53. The molecule has 0 atom stereocenters. The molecule has 0 aliphatic carbocycles. The Morgan fingerprint density at radius 2 is 2.24 bits per heavy atom. The summed E-state index contributed by atoms with van der Waals surface area (Å²) in [6.45, 7) is 2.70. The lowest BCUT2D eigenvalue weighted by atomic mass is 10.2. The van der Waals surface area contributed by atoms with Gasteiger partial charge in [0.05, 0.1) is 16.3 Å². The van der Waals surface area contributed by atoms with Crippen LogP contribution in [0.15, 0.2) is 34.1 Å². The van der Waals surface area contributed by atoms with Crippen molar-refractivity contribution >= 4 is 49.6 Å². The average molecular weight is 381 g/mol. The van der Waals surface area contributed by atoms with E-state index in [-0.39, 0.29) is 0 Å². The van der Waals surface area contributed by atoms with Gasteiger partial charge < -0.3 is 11.1 Å². The maximum Gasteiger partial charge on any atom is 0.148 e. The third kappa shape index (κ3) is 3.25. The van der Waals surface area contributed by atoms with Crippen molar-refractivity contribution in [1.29, 1.82) is 0 Å². The summed E-state index contributed by atoms with van der Waals surface area (Å²) in [4.78, 5) is 4.50. The van der Waals surface area contributed by atoms with Gasteiger partial charge in [0.15, 0.2) is 0 Å². The lowest BCUT2D eigenvalue weighted by Crippen LogP contribution is -1.99. The minimum absolute atomic E-state index is 0.530. The summed E-state index contributed by atoms with van der Waals surface area (Å²) in [5.74, 6) is 0.530. The Morgan fingerprint density at radius 1 is 1.38 bits per heavy atom. The molecule has 0 spiro atoms. The number of benzene rings is 1. The molecule has 3 aromatic rings. The molecule has 0 saturated heterocycles. The average Bonchev–Trinajstić information content (AvgIpc) is 3.02. The van der Waals surface area contributed by atoms with E-state index >= 15 is 0 Å². The third-order valence-electron chi connectivity index (χ3n) is 2.94. The molecule has 3 N–H and O–H groups in total. The van der Waals surface area contributed by atoms with E-state index in [1.807, 2.05) is 24.4 Å². The van der Waals surface area contributed by atoms with Gasteiger partial charge in [-0.3, -0.25) is 0 Å². The van der Waals surface area contributed by atoms with E-state index in [0.29, 0.717) is 5.82 Å². The predicted molar refractivity (Wildman–Crippen MR) is 93.8 cm³/mol. The van der Waals surface area contributed by atoms with E-state index in [1.54, 1.807) is 11.3 Å². The molecule has 0 unspecified atom stereocenters. The van der Waals surface area contributed by atoms with Crippen LogP contribution in [0, 0.1) is 6.92 Å². The van der Waals surface area contributed by atoms with E-state index in [4.69, 9.17) is 5.73 Å². The molecule has 0 saturated carbocycles. The van der Waals surface area contributed by atoms with Crippen LogP contribution in [-0.2, 0) is 6.54 Å². The van der Waals surface area contributed by atoms with Crippen LogP contribution >= 0.6 is 38.8 Å². The van der Waals surface area contributed by atoms with Crippen LogP contribution in [0.5, 0.6) is 0 Å². The van der Waals surface area contributed by atoms with E-state index in [9.17, 15) is 0 Å². The molecule has 0 radical (unpaired) electrons. The number of thiazole rings is 1. The van der Waals surface area contributed by atoms with Crippen molar-refractivity contribution in [2.75, 3.05) is 11.1 Å². The smallest absolute Gasteiger partial charge is 0.148 e. The highest BCUT2D eigenvalue weighted by molar-refractivity contribution is 9.10. The highest BCUT2D eigenvalue weighted by atomic mass is 79.9. The zero-order chi connectivity index (χ0) is 14.8. The van der Waals surface area contributed by atoms with Gasteiger partial charge >= 0.3 is 0 Å². The Morgan fingerprint density at radius 3 is 2.95 bits per heavy atom. The Labute approximate surface area is 139 Å². The Bertz CT molecular complexity index is 766. The molecule has 2 aromatic heterocycles. The van der Waals surface area contributed by atoms with E-state index in [1.165, 1.54) is 17.1 Å². The van der Waals surface area contributed by atoms with E-state index in [0.717, 1.165) is 32.3 Å².